The molecule has 0 aliphatic carbocycles. The predicted molar refractivity (Wildman–Crippen MR) is 80.9 cm³/mol. The number of amides is 1. The Morgan fingerprint density at radius 2 is 2.10 bits per heavy atom. The molecule has 0 spiro atoms. The molecule has 1 aliphatic rings. The van der Waals surface area contributed by atoms with Gasteiger partial charge in [-0.15, -0.1) is 0 Å². The monoisotopic (exact) mass is 277 g/mol. The lowest BCUT2D eigenvalue weighted by molar-refractivity contribution is -0.116. The number of aromatic nitrogens is 1. The Bertz CT molecular complexity index is 426. The van der Waals surface area contributed by atoms with E-state index < -0.39 is 0 Å². The number of piperazine rings is 1. The molecule has 1 saturated heterocycles. The van der Waals surface area contributed by atoms with Gasteiger partial charge in [0.1, 0.15) is 5.82 Å². The van der Waals surface area contributed by atoms with Crippen molar-refractivity contribution in [3.05, 3.63) is 18.3 Å². The van der Waals surface area contributed by atoms with Crippen molar-refractivity contribution in [3.8, 4) is 0 Å². The van der Waals surface area contributed by atoms with Crippen LogP contribution in [-0.4, -0.2) is 55.6 Å². The van der Waals surface area contributed by atoms with Gasteiger partial charge in [-0.05, 0) is 32.1 Å². The first-order chi connectivity index (χ1) is 9.69. The highest BCUT2D eigenvalue weighted by Gasteiger charge is 2.15. The highest BCUT2D eigenvalue weighted by molar-refractivity contribution is 5.90. The number of rotatable bonds is 5. The Morgan fingerprint density at radius 3 is 2.70 bits per heavy atom. The molecule has 3 N–H and O–H groups in total. The second kappa shape index (κ2) is 7.21. The third-order valence-electron chi connectivity index (χ3n) is 3.47. The van der Waals surface area contributed by atoms with Crippen LogP contribution in [0.3, 0.4) is 0 Å². The van der Waals surface area contributed by atoms with Gasteiger partial charge >= 0.3 is 0 Å². The standard InChI is InChI=1S/C14H23N5O/c1-18-7-9-19(10-8-18)13-5-4-12(11-16-13)17-14(20)3-2-6-15/h4-5,11H,2-3,6-10,15H2,1H3,(H,17,20). The average Bonchev–Trinajstić information content (AvgIpc) is 2.47. The topological polar surface area (TPSA) is 74.5 Å². The first-order valence-electron chi connectivity index (χ1n) is 7.08. The molecule has 0 bridgehead atoms. The van der Waals surface area contributed by atoms with Crippen molar-refractivity contribution < 1.29 is 4.79 Å². The number of nitrogens with two attached hydrogens (primary N) is 1. The van der Waals surface area contributed by atoms with Crippen LogP contribution in [0.5, 0.6) is 0 Å². The molecule has 1 aromatic rings. The van der Waals surface area contributed by atoms with Gasteiger partial charge in [-0.3, -0.25) is 4.79 Å². The van der Waals surface area contributed by atoms with E-state index in [9.17, 15) is 4.79 Å². The van der Waals surface area contributed by atoms with Crippen molar-refractivity contribution in [3.63, 3.8) is 0 Å². The second-order valence-corrected chi connectivity index (χ2v) is 5.14. The Labute approximate surface area is 120 Å². The lowest BCUT2D eigenvalue weighted by Gasteiger charge is -2.33. The summed E-state index contributed by atoms with van der Waals surface area (Å²) >= 11 is 0. The van der Waals surface area contributed by atoms with Crippen molar-refractivity contribution in [1.29, 1.82) is 0 Å². The Balaban J connectivity index is 1.88. The van der Waals surface area contributed by atoms with Crippen LogP contribution in [0.1, 0.15) is 12.8 Å². The molecule has 0 aromatic carbocycles. The summed E-state index contributed by atoms with van der Waals surface area (Å²) in [5.74, 6) is 0.961. The van der Waals surface area contributed by atoms with Crippen LogP contribution in [0.2, 0.25) is 0 Å². The van der Waals surface area contributed by atoms with Gasteiger partial charge in [0.25, 0.3) is 0 Å². The molecule has 6 heteroatoms. The number of hydrogen-bond donors (Lipinski definition) is 2. The summed E-state index contributed by atoms with van der Waals surface area (Å²) in [5, 5.41) is 2.83. The van der Waals surface area contributed by atoms with Gasteiger partial charge in [-0.1, -0.05) is 0 Å². The van der Waals surface area contributed by atoms with E-state index in [1.807, 2.05) is 12.1 Å². The molecule has 0 saturated carbocycles. The molecule has 1 amide bonds. The first kappa shape index (κ1) is 14.7. The SMILES string of the molecule is CN1CCN(c2ccc(NC(=O)CCCN)cn2)CC1. The van der Waals surface area contributed by atoms with Crippen LogP contribution in [0.25, 0.3) is 0 Å². The predicted octanol–water partition coefficient (Wildman–Crippen LogP) is 0.511. The highest BCUT2D eigenvalue weighted by Crippen LogP contribution is 2.16. The zero-order chi connectivity index (χ0) is 14.4. The van der Waals surface area contributed by atoms with E-state index in [0.29, 0.717) is 19.4 Å². The number of pyridine rings is 1. The summed E-state index contributed by atoms with van der Waals surface area (Å²) in [6, 6.07) is 3.87. The minimum absolute atomic E-state index is 0.00963. The fraction of sp³-hybridized carbons (Fsp3) is 0.571. The fourth-order valence-corrected chi connectivity index (χ4v) is 2.17. The third kappa shape index (κ3) is 4.18. The molecule has 1 fully saturated rings. The van der Waals surface area contributed by atoms with Crippen LogP contribution in [0.15, 0.2) is 18.3 Å². The lowest BCUT2D eigenvalue weighted by Crippen LogP contribution is -2.44. The number of nitrogens with zero attached hydrogens (tertiary/aromatic N) is 3. The van der Waals surface area contributed by atoms with Gasteiger partial charge in [-0.2, -0.15) is 0 Å². The van der Waals surface area contributed by atoms with Crippen LogP contribution < -0.4 is 16.0 Å². The molecular weight excluding hydrogens is 254 g/mol. The summed E-state index contributed by atoms with van der Waals surface area (Å²) in [6.45, 7) is 4.63. The second-order valence-electron chi connectivity index (χ2n) is 5.14. The van der Waals surface area contributed by atoms with E-state index in [0.717, 1.165) is 37.7 Å². The molecule has 0 atom stereocenters. The minimum Gasteiger partial charge on any atom is -0.354 e. The van der Waals surface area contributed by atoms with Crippen LogP contribution in [0.4, 0.5) is 11.5 Å². The van der Waals surface area contributed by atoms with Crippen LogP contribution >= 0.6 is 0 Å². The zero-order valence-corrected chi connectivity index (χ0v) is 12.0. The number of hydrogen-bond acceptors (Lipinski definition) is 5. The number of carbonyl (C=O) groups excluding carboxylic acids is 1. The van der Waals surface area contributed by atoms with Crippen molar-refractivity contribution in [1.82, 2.24) is 9.88 Å². The zero-order valence-electron chi connectivity index (χ0n) is 12.0. The minimum atomic E-state index is -0.00963. The molecule has 110 valence electrons. The summed E-state index contributed by atoms with van der Waals surface area (Å²) in [6.07, 6.45) is 2.88. The average molecular weight is 277 g/mol. The van der Waals surface area contributed by atoms with E-state index in [-0.39, 0.29) is 5.91 Å². The smallest absolute Gasteiger partial charge is 0.224 e. The van der Waals surface area contributed by atoms with E-state index in [4.69, 9.17) is 5.73 Å². The Kier molecular flexibility index (Phi) is 5.31. The maximum Gasteiger partial charge on any atom is 0.224 e. The molecule has 2 heterocycles. The summed E-state index contributed by atoms with van der Waals surface area (Å²) in [5.41, 5.74) is 6.12. The van der Waals surface area contributed by atoms with Crippen molar-refractivity contribution in [2.45, 2.75) is 12.8 Å². The fourth-order valence-electron chi connectivity index (χ4n) is 2.17. The maximum atomic E-state index is 11.6. The van der Waals surface area contributed by atoms with Crippen molar-refractivity contribution >= 4 is 17.4 Å². The Hall–Kier alpha value is -1.66. The molecule has 0 radical (unpaired) electrons. The van der Waals surface area contributed by atoms with Gasteiger partial charge in [-0.25, -0.2) is 4.98 Å². The number of anilines is 2. The van der Waals surface area contributed by atoms with Crippen molar-refractivity contribution in [2.75, 3.05) is 50.0 Å². The number of nitrogens with one attached hydrogen (secondary N) is 1. The first-order valence-corrected chi connectivity index (χ1v) is 7.08. The van der Waals surface area contributed by atoms with Gasteiger partial charge in [0.05, 0.1) is 11.9 Å². The largest absolute Gasteiger partial charge is 0.354 e. The van der Waals surface area contributed by atoms with Gasteiger partial charge in [0.2, 0.25) is 5.91 Å². The van der Waals surface area contributed by atoms with Gasteiger partial charge < -0.3 is 20.9 Å². The molecule has 0 unspecified atom stereocenters. The molecular formula is C14H23N5O. The molecule has 1 aromatic heterocycles. The van der Waals surface area contributed by atoms with Crippen molar-refractivity contribution in [2.24, 2.45) is 5.73 Å². The number of likely N-dealkylation sites (N-methyl/N-ethyl adjacent to an activating group) is 1. The molecule has 6 nitrogen and oxygen atoms in total. The van der Waals surface area contributed by atoms with E-state index in [1.165, 1.54) is 0 Å². The summed E-state index contributed by atoms with van der Waals surface area (Å²) in [7, 11) is 2.13. The quantitative estimate of drug-likeness (QED) is 0.820. The van der Waals surface area contributed by atoms with Crippen LogP contribution in [0, 0.1) is 0 Å². The molecule has 2 rings (SSSR count). The molecule has 20 heavy (non-hydrogen) atoms. The van der Waals surface area contributed by atoms with E-state index in [2.05, 4.69) is 27.1 Å². The number of carbonyl (C=O) groups is 1. The Morgan fingerprint density at radius 1 is 1.35 bits per heavy atom. The van der Waals surface area contributed by atoms with Gasteiger partial charge in [0, 0.05) is 32.6 Å². The van der Waals surface area contributed by atoms with E-state index in [1.54, 1.807) is 6.20 Å². The van der Waals surface area contributed by atoms with Gasteiger partial charge in [0.15, 0.2) is 0 Å². The lowest BCUT2D eigenvalue weighted by atomic mass is 10.3. The summed E-state index contributed by atoms with van der Waals surface area (Å²) in [4.78, 5) is 20.6. The molecule has 1 aliphatic heterocycles. The maximum absolute atomic E-state index is 11.6. The summed E-state index contributed by atoms with van der Waals surface area (Å²) < 4.78 is 0. The van der Waals surface area contributed by atoms with Crippen LogP contribution in [-0.2, 0) is 4.79 Å². The van der Waals surface area contributed by atoms with E-state index >= 15 is 0 Å². The third-order valence-corrected chi connectivity index (χ3v) is 3.47. The highest BCUT2D eigenvalue weighted by atomic mass is 16.1. The normalized spacial score (nSPS) is 16.2.